The summed E-state index contributed by atoms with van der Waals surface area (Å²) in [6.07, 6.45) is 0. The number of esters is 1. The van der Waals surface area contributed by atoms with Crippen LogP contribution in [0.15, 0.2) is 59.8 Å². The van der Waals surface area contributed by atoms with Gasteiger partial charge in [-0.25, -0.2) is 9.59 Å². The summed E-state index contributed by atoms with van der Waals surface area (Å²) in [5.41, 5.74) is 2.77. The number of ether oxygens (including phenoxy) is 1. The zero-order valence-electron chi connectivity index (χ0n) is 18.3. The molecule has 7 nitrogen and oxygen atoms in total. The molecule has 0 radical (unpaired) electrons. The molecule has 2 N–H and O–H groups in total. The molecule has 1 fully saturated rings. The minimum absolute atomic E-state index is 0.240. The van der Waals surface area contributed by atoms with Crippen LogP contribution in [0.3, 0.4) is 0 Å². The van der Waals surface area contributed by atoms with Crippen LogP contribution in [0.4, 0.5) is 10.5 Å². The van der Waals surface area contributed by atoms with Crippen molar-refractivity contribution in [2.45, 2.75) is 13.0 Å². The van der Waals surface area contributed by atoms with Crippen LogP contribution in [0.1, 0.15) is 18.5 Å². The van der Waals surface area contributed by atoms with Gasteiger partial charge < -0.3 is 20.3 Å². The predicted octanol–water partition coefficient (Wildman–Crippen LogP) is 3.99. The van der Waals surface area contributed by atoms with Crippen molar-refractivity contribution in [3.05, 3.63) is 75.4 Å². The van der Waals surface area contributed by atoms with E-state index in [0.717, 1.165) is 37.4 Å². The van der Waals surface area contributed by atoms with Crippen molar-refractivity contribution in [2.24, 2.45) is 0 Å². The van der Waals surface area contributed by atoms with Crippen molar-refractivity contribution in [3.8, 4) is 0 Å². The van der Waals surface area contributed by atoms with Crippen molar-refractivity contribution in [2.75, 3.05) is 44.2 Å². The molecule has 1 saturated heterocycles. The number of halogens is 2. The minimum atomic E-state index is -0.640. The number of nitrogens with zero attached hydrogens (tertiary/aromatic N) is 2. The molecule has 0 saturated carbocycles. The Hall–Kier alpha value is -2.74. The molecular formula is C24H26Cl2N4O3. The van der Waals surface area contributed by atoms with Gasteiger partial charge >= 0.3 is 12.0 Å². The molecule has 33 heavy (non-hydrogen) atoms. The number of benzene rings is 2. The molecule has 0 spiro atoms. The Morgan fingerprint density at radius 3 is 2.42 bits per heavy atom. The fourth-order valence-electron chi connectivity index (χ4n) is 4.19. The maximum atomic E-state index is 13.0. The van der Waals surface area contributed by atoms with E-state index in [9.17, 15) is 9.59 Å². The minimum Gasteiger partial charge on any atom is -0.463 e. The van der Waals surface area contributed by atoms with E-state index >= 15 is 0 Å². The van der Waals surface area contributed by atoms with Gasteiger partial charge in [-0.1, -0.05) is 41.4 Å². The molecule has 2 amide bonds. The third kappa shape index (κ3) is 5.61. The van der Waals surface area contributed by atoms with E-state index in [2.05, 4.69) is 20.4 Å². The van der Waals surface area contributed by atoms with Gasteiger partial charge in [0.15, 0.2) is 0 Å². The molecule has 2 aliphatic heterocycles. The van der Waals surface area contributed by atoms with Gasteiger partial charge in [0.1, 0.15) is 0 Å². The maximum Gasteiger partial charge on any atom is 0.338 e. The Balaban J connectivity index is 1.56. The van der Waals surface area contributed by atoms with Gasteiger partial charge in [-0.3, -0.25) is 4.90 Å². The lowest BCUT2D eigenvalue weighted by Crippen LogP contribution is -2.51. The molecule has 4 rings (SSSR count). The number of nitrogens with one attached hydrogen (secondary N) is 2. The normalized spacial score (nSPS) is 19.2. The van der Waals surface area contributed by atoms with E-state index in [1.165, 1.54) is 0 Å². The number of anilines is 1. The Morgan fingerprint density at radius 2 is 1.76 bits per heavy atom. The number of carbonyl (C=O) groups is 2. The van der Waals surface area contributed by atoms with Crippen molar-refractivity contribution in [3.63, 3.8) is 0 Å². The zero-order valence-corrected chi connectivity index (χ0v) is 19.8. The summed E-state index contributed by atoms with van der Waals surface area (Å²) in [5, 5.41) is 6.93. The Kier molecular flexibility index (Phi) is 7.42. The smallest absolute Gasteiger partial charge is 0.338 e. The first-order valence-corrected chi connectivity index (χ1v) is 11.7. The van der Waals surface area contributed by atoms with E-state index in [4.69, 9.17) is 27.9 Å². The van der Waals surface area contributed by atoms with Gasteiger partial charge in [0.2, 0.25) is 0 Å². The van der Waals surface area contributed by atoms with Crippen LogP contribution in [0.25, 0.3) is 0 Å². The lowest BCUT2D eigenvalue weighted by Gasteiger charge is -2.38. The third-order valence-corrected chi connectivity index (χ3v) is 6.23. The fraction of sp³-hybridized carbons (Fsp3) is 0.333. The number of carbonyl (C=O) groups excluding carboxylic acids is 2. The molecular weight excluding hydrogens is 463 g/mol. The largest absolute Gasteiger partial charge is 0.463 e. The van der Waals surface area contributed by atoms with Gasteiger partial charge in [0, 0.05) is 54.2 Å². The summed E-state index contributed by atoms with van der Waals surface area (Å²) in [6, 6.07) is 13.9. The second kappa shape index (κ2) is 10.5. The highest BCUT2D eigenvalue weighted by atomic mass is 35.5. The number of amides is 2. The summed E-state index contributed by atoms with van der Waals surface area (Å²) in [7, 11) is 0. The summed E-state index contributed by atoms with van der Waals surface area (Å²) >= 11 is 12.3. The standard InChI is InChI=1S/C24H26Cl2N4O3/c1-2-33-23(31)21-20(27-24(32)28-22(21)16-5-3-6-17(25)13-16)15-29-9-11-30(12-10-29)19-8-4-7-18(26)14-19/h3-8,13-14,22H,2,9-12,15H2,1H3,(H2,27,28,32)/t22-/m0/s1. The van der Waals surface area contributed by atoms with E-state index in [-0.39, 0.29) is 12.6 Å². The van der Waals surface area contributed by atoms with Gasteiger partial charge in [0.05, 0.1) is 18.2 Å². The van der Waals surface area contributed by atoms with Crippen molar-refractivity contribution >= 4 is 40.9 Å². The summed E-state index contributed by atoms with van der Waals surface area (Å²) in [5.74, 6) is -0.456. The number of urea groups is 1. The first-order chi connectivity index (χ1) is 15.9. The van der Waals surface area contributed by atoms with Crippen LogP contribution in [-0.2, 0) is 9.53 Å². The maximum absolute atomic E-state index is 13.0. The van der Waals surface area contributed by atoms with Crippen LogP contribution in [0.5, 0.6) is 0 Å². The molecule has 0 bridgehead atoms. The molecule has 0 unspecified atom stereocenters. The highest BCUT2D eigenvalue weighted by Gasteiger charge is 2.34. The van der Waals surface area contributed by atoms with Gasteiger partial charge in [-0.05, 0) is 42.8 Å². The van der Waals surface area contributed by atoms with Gasteiger partial charge in [0.25, 0.3) is 0 Å². The SMILES string of the molecule is CCOC(=O)C1=C(CN2CCN(c3cccc(Cl)c3)CC2)NC(=O)N[C@H]1c1cccc(Cl)c1. The van der Waals surface area contributed by atoms with E-state index in [1.54, 1.807) is 25.1 Å². The van der Waals surface area contributed by atoms with Crippen LogP contribution in [0, 0.1) is 0 Å². The number of rotatable bonds is 6. The average Bonchev–Trinajstić information content (AvgIpc) is 2.79. The van der Waals surface area contributed by atoms with Gasteiger partial charge in [-0.2, -0.15) is 0 Å². The first-order valence-electron chi connectivity index (χ1n) is 10.9. The number of hydrogen-bond acceptors (Lipinski definition) is 5. The van der Waals surface area contributed by atoms with Crippen LogP contribution < -0.4 is 15.5 Å². The molecule has 0 aromatic heterocycles. The van der Waals surface area contributed by atoms with Crippen LogP contribution in [0.2, 0.25) is 10.0 Å². The van der Waals surface area contributed by atoms with Crippen LogP contribution in [-0.4, -0.2) is 56.2 Å². The highest BCUT2D eigenvalue weighted by Crippen LogP contribution is 2.30. The number of piperazine rings is 1. The van der Waals surface area contributed by atoms with Crippen molar-refractivity contribution < 1.29 is 14.3 Å². The Morgan fingerprint density at radius 1 is 1.06 bits per heavy atom. The quantitative estimate of drug-likeness (QED) is 0.601. The molecule has 9 heteroatoms. The molecule has 2 aliphatic rings. The topological polar surface area (TPSA) is 73.9 Å². The van der Waals surface area contributed by atoms with Crippen molar-refractivity contribution in [1.29, 1.82) is 0 Å². The van der Waals surface area contributed by atoms with Gasteiger partial charge in [-0.15, -0.1) is 0 Å². The molecule has 174 valence electrons. The zero-order chi connectivity index (χ0) is 23.4. The molecule has 0 aliphatic carbocycles. The van der Waals surface area contributed by atoms with Crippen molar-refractivity contribution in [1.82, 2.24) is 15.5 Å². The second-order valence-corrected chi connectivity index (χ2v) is 8.82. The lowest BCUT2D eigenvalue weighted by molar-refractivity contribution is -0.139. The van der Waals surface area contributed by atoms with E-state index < -0.39 is 12.0 Å². The molecule has 2 heterocycles. The summed E-state index contributed by atoms with van der Waals surface area (Å²) in [4.78, 5) is 29.9. The number of hydrogen-bond donors (Lipinski definition) is 2. The summed E-state index contributed by atoms with van der Waals surface area (Å²) in [6.45, 7) is 5.61. The van der Waals surface area contributed by atoms with E-state index in [0.29, 0.717) is 27.9 Å². The molecule has 2 aromatic rings. The summed E-state index contributed by atoms with van der Waals surface area (Å²) < 4.78 is 5.34. The monoisotopic (exact) mass is 488 g/mol. The van der Waals surface area contributed by atoms with Crippen LogP contribution >= 0.6 is 23.2 Å². The Bertz CT molecular complexity index is 1070. The third-order valence-electron chi connectivity index (χ3n) is 5.76. The second-order valence-electron chi connectivity index (χ2n) is 7.94. The fourth-order valence-corrected chi connectivity index (χ4v) is 4.57. The lowest BCUT2D eigenvalue weighted by atomic mass is 9.95. The van der Waals surface area contributed by atoms with E-state index in [1.807, 2.05) is 30.3 Å². The molecule has 2 aromatic carbocycles. The highest BCUT2D eigenvalue weighted by molar-refractivity contribution is 6.31. The average molecular weight is 489 g/mol. The molecule has 1 atom stereocenters. The first kappa shape index (κ1) is 23.4. The predicted molar refractivity (Wildman–Crippen MR) is 130 cm³/mol. The Labute approximate surface area is 203 Å².